The maximum Gasteiger partial charge on any atom is 0.170 e. The zero-order chi connectivity index (χ0) is 15.0. The number of nitrogens with one attached hydrogen (secondary N) is 2. The highest BCUT2D eigenvalue weighted by molar-refractivity contribution is 7.80. The molecule has 2 N–H and O–H groups in total. The molecule has 0 spiro atoms. The van der Waals surface area contributed by atoms with Crippen molar-refractivity contribution in [2.24, 2.45) is 5.92 Å². The molecule has 1 aromatic rings. The van der Waals surface area contributed by atoms with Crippen LogP contribution in [0.3, 0.4) is 0 Å². The Bertz CT molecular complexity index is 438. The zero-order valence-corrected chi connectivity index (χ0v) is 14.3. The second-order valence-corrected chi connectivity index (χ2v) is 6.10. The zero-order valence-electron chi connectivity index (χ0n) is 12.0. The molecule has 2 nitrogen and oxygen atoms in total. The topological polar surface area (TPSA) is 24.1 Å². The van der Waals surface area contributed by atoms with E-state index in [1.807, 2.05) is 6.07 Å². The van der Waals surface area contributed by atoms with Crippen LogP contribution in [0.5, 0.6) is 0 Å². The van der Waals surface area contributed by atoms with E-state index in [9.17, 15) is 0 Å². The van der Waals surface area contributed by atoms with Crippen LogP contribution in [0.15, 0.2) is 18.2 Å². The third-order valence-electron chi connectivity index (χ3n) is 3.27. The molecule has 0 aromatic heterocycles. The third kappa shape index (κ3) is 6.29. The van der Waals surface area contributed by atoms with Gasteiger partial charge in [0.1, 0.15) is 0 Å². The summed E-state index contributed by atoms with van der Waals surface area (Å²) in [5, 5.41) is 8.08. The Morgan fingerprint density at radius 1 is 1.25 bits per heavy atom. The lowest BCUT2D eigenvalue weighted by molar-refractivity contribution is 0.446. The second-order valence-electron chi connectivity index (χ2n) is 4.88. The van der Waals surface area contributed by atoms with E-state index in [0.29, 0.717) is 21.1 Å². The Hall–Kier alpha value is -0.510. The SMILES string of the molecule is CCCC[C@@H](CC)CNC(=S)Nc1ccc(Cl)c(Cl)c1. The van der Waals surface area contributed by atoms with E-state index >= 15 is 0 Å². The molecule has 112 valence electrons. The summed E-state index contributed by atoms with van der Waals surface area (Å²) in [6.45, 7) is 5.34. The van der Waals surface area contributed by atoms with Crippen LogP contribution in [0.25, 0.3) is 0 Å². The number of thiocarbonyl (C=S) groups is 1. The number of anilines is 1. The Morgan fingerprint density at radius 3 is 2.60 bits per heavy atom. The van der Waals surface area contributed by atoms with Crippen LogP contribution in [0.1, 0.15) is 39.5 Å². The van der Waals surface area contributed by atoms with E-state index in [-0.39, 0.29) is 0 Å². The summed E-state index contributed by atoms with van der Waals surface area (Å²) >= 11 is 17.1. The van der Waals surface area contributed by atoms with Gasteiger partial charge in [0.2, 0.25) is 0 Å². The van der Waals surface area contributed by atoms with E-state index in [2.05, 4.69) is 24.5 Å². The van der Waals surface area contributed by atoms with Gasteiger partial charge in [-0.1, -0.05) is 56.3 Å². The number of hydrogen-bond donors (Lipinski definition) is 2. The largest absolute Gasteiger partial charge is 0.362 e. The number of rotatable bonds is 7. The van der Waals surface area contributed by atoms with Gasteiger partial charge in [-0.3, -0.25) is 0 Å². The molecule has 0 unspecified atom stereocenters. The predicted molar refractivity (Wildman–Crippen MR) is 94.0 cm³/mol. The fraction of sp³-hybridized carbons (Fsp3) is 0.533. The normalized spacial score (nSPS) is 12.0. The number of halogens is 2. The second kappa shape index (κ2) is 9.43. The van der Waals surface area contributed by atoms with Crippen LogP contribution >= 0.6 is 35.4 Å². The molecule has 0 bridgehead atoms. The molecule has 0 saturated carbocycles. The summed E-state index contributed by atoms with van der Waals surface area (Å²) in [4.78, 5) is 0. The first kappa shape index (κ1) is 17.5. The summed E-state index contributed by atoms with van der Waals surface area (Å²) in [6.07, 6.45) is 4.92. The predicted octanol–water partition coefficient (Wildman–Crippen LogP) is 5.50. The van der Waals surface area contributed by atoms with Gasteiger partial charge in [-0.15, -0.1) is 0 Å². The van der Waals surface area contributed by atoms with Gasteiger partial charge >= 0.3 is 0 Å². The molecule has 20 heavy (non-hydrogen) atoms. The summed E-state index contributed by atoms with van der Waals surface area (Å²) < 4.78 is 0. The summed E-state index contributed by atoms with van der Waals surface area (Å²) in [6, 6.07) is 5.38. The van der Waals surface area contributed by atoms with Crippen LogP contribution in [0.2, 0.25) is 10.0 Å². The molecule has 0 aliphatic carbocycles. The van der Waals surface area contributed by atoms with E-state index in [0.717, 1.165) is 12.2 Å². The van der Waals surface area contributed by atoms with Crippen molar-refractivity contribution < 1.29 is 0 Å². The minimum absolute atomic E-state index is 0.522. The Kier molecular flexibility index (Phi) is 8.27. The maximum absolute atomic E-state index is 5.97. The smallest absolute Gasteiger partial charge is 0.170 e. The minimum Gasteiger partial charge on any atom is -0.362 e. The van der Waals surface area contributed by atoms with E-state index in [4.69, 9.17) is 35.4 Å². The van der Waals surface area contributed by atoms with Gasteiger partial charge in [0.25, 0.3) is 0 Å². The first-order chi connectivity index (χ1) is 9.56. The van der Waals surface area contributed by atoms with Crippen LogP contribution in [-0.2, 0) is 0 Å². The van der Waals surface area contributed by atoms with Gasteiger partial charge in [0.05, 0.1) is 10.0 Å². The van der Waals surface area contributed by atoms with E-state index in [1.54, 1.807) is 12.1 Å². The van der Waals surface area contributed by atoms with Crippen LogP contribution < -0.4 is 10.6 Å². The monoisotopic (exact) mass is 332 g/mol. The molecule has 0 aliphatic heterocycles. The Balaban J connectivity index is 2.40. The molecule has 0 radical (unpaired) electrons. The summed E-state index contributed by atoms with van der Waals surface area (Å²) in [5.41, 5.74) is 0.846. The quantitative estimate of drug-likeness (QED) is 0.645. The van der Waals surface area contributed by atoms with Crippen molar-refractivity contribution in [3.8, 4) is 0 Å². The standard InChI is InChI=1S/C15H22Cl2N2S/c1-3-5-6-11(4-2)10-18-15(20)19-12-7-8-13(16)14(17)9-12/h7-9,11H,3-6,10H2,1-2H3,(H2,18,19,20)/t11-/m1/s1. The van der Waals surface area contributed by atoms with Crippen molar-refractivity contribution in [3.63, 3.8) is 0 Å². The fourth-order valence-corrected chi connectivity index (χ4v) is 2.43. The van der Waals surface area contributed by atoms with Crippen molar-refractivity contribution in [2.45, 2.75) is 39.5 Å². The molecular weight excluding hydrogens is 311 g/mol. The summed E-state index contributed by atoms with van der Waals surface area (Å²) in [7, 11) is 0. The number of hydrogen-bond acceptors (Lipinski definition) is 1. The van der Waals surface area contributed by atoms with Gasteiger partial charge in [-0.2, -0.15) is 0 Å². The summed E-state index contributed by atoms with van der Waals surface area (Å²) in [5.74, 6) is 0.670. The third-order valence-corrected chi connectivity index (χ3v) is 4.26. The lowest BCUT2D eigenvalue weighted by Crippen LogP contribution is -2.32. The molecule has 1 rings (SSSR count). The molecule has 0 fully saturated rings. The van der Waals surface area contributed by atoms with Gasteiger partial charge in [0.15, 0.2) is 5.11 Å². The molecule has 5 heteroatoms. The molecule has 0 heterocycles. The van der Waals surface area contributed by atoms with Crippen molar-refractivity contribution in [1.29, 1.82) is 0 Å². The highest BCUT2D eigenvalue weighted by Crippen LogP contribution is 2.24. The van der Waals surface area contributed by atoms with Gasteiger partial charge < -0.3 is 10.6 Å². The van der Waals surface area contributed by atoms with Crippen molar-refractivity contribution in [3.05, 3.63) is 28.2 Å². The first-order valence-electron chi connectivity index (χ1n) is 7.06. The molecular formula is C15H22Cl2N2S. The lowest BCUT2D eigenvalue weighted by atomic mass is 9.99. The van der Waals surface area contributed by atoms with Crippen LogP contribution in [0.4, 0.5) is 5.69 Å². The Labute approximate surface area is 137 Å². The van der Waals surface area contributed by atoms with Crippen LogP contribution in [-0.4, -0.2) is 11.7 Å². The van der Waals surface area contributed by atoms with E-state index < -0.39 is 0 Å². The average molecular weight is 333 g/mol. The number of unbranched alkanes of at least 4 members (excludes halogenated alkanes) is 1. The van der Waals surface area contributed by atoms with Gasteiger partial charge in [-0.25, -0.2) is 0 Å². The van der Waals surface area contributed by atoms with Gasteiger partial charge in [-0.05, 0) is 42.8 Å². The molecule has 0 saturated heterocycles. The lowest BCUT2D eigenvalue weighted by Gasteiger charge is -2.17. The highest BCUT2D eigenvalue weighted by Gasteiger charge is 2.07. The minimum atomic E-state index is 0.522. The average Bonchev–Trinajstić information content (AvgIpc) is 2.43. The molecule has 1 atom stereocenters. The number of benzene rings is 1. The van der Waals surface area contributed by atoms with Crippen LogP contribution in [0, 0.1) is 5.92 Å². The maximum atomic E-state index is 5.97. The van der Waals surface area contributed by atoms with Gasteiger partial charge in [0, 0.05) is 12.2 Å². The van der Waals surface area contributed by atoms with Crippen molar-refractivity contribution in [1.82, 2.24) is 5.32 Å². The first-order valence-corrected chi connectivity index (χ1v) is 8.23. The Morgan fingerprint density at radius 2 is 2.00 bits per heavy atom. The molecule has 1 aromatic carbocycles. The molecule has 0 aliphatic rings. The van der Waals surface area contributed by atoms with Crippen molar-refractivity contribution >= 4 is 46.2 Å². The van der Waals surface area contributed by atoms with E-state index in [1.165, 1.54) is 25.7 Å². The fourth-order valence-electron chi connectivity index (χ4n) is 1.93. The highest BCUT2D eigenvalue weighted by atomic mass is 35.5. The molecule has 0 amide bonds. The van der Waals surface area contributed by atoms with Crippen molar-refractivity contribution in [2.75, 3.05) is 11.9 Å².